The Kier molecular flexibility index (Phi) is 5.51. The smallest absolute Gasteiger partial charge is 0.268 e. The molecule has 0 saturated heterocycles. The highest BCUT2D eigenvalue weighted by Gasteiger charge is 2.39. The van der Waals surface area contributed by atoms with Crippen LogP contribution in [0.3, 0.4) is 0 Å². The van der Waals surface area contributed by atoms with Crippen molar-refractivity contribution in [2.45, 2.75) is 26.1 Å². The maximum Gasteiger partial charge on any atom is 0.453 e. The molecular weight excluding hydrogens is 550 g/mol. The van der Waals surface area contributed by atoms with Crippen LogP contribution in [-0.2, 0) is 12.7 Å². The highest BCUT2D eigenvalue weighted by molar-refractivity contribution is 14.1. The quantitative estimate of drug-likeness (QED) is 0.255. The third-order valence-electron chi connectivity index (χ3n) is 4.85. The topological polar surface area (TPSA) is 68.1 Å². The van der Waals surface area contributed by atoms with E-state index in [1.807, 2.05) is 22.6 Å². The number of fused-ring (bicyclic) bond motifs is 1. The van der Waals surface area contributed by atoms with Crippen LogP contribution >= 0.6 is 22.6 Å². The number of carbonyl (C=O) groups is 2. The largest absolute Gasteiger partial charge is 0.453 e. The van der Waals surface area contributed by atoms with Gasteiger partial charge < -0.3 is 0 Å². The highest BCUT2D eigenvalue weighted by Crippen LogP contribution is 2.34. The maximum absolute atomic E-state index is 13.2. The number of amides is 2. The maximum atomic E-state index is 13.2. The minimum atomic E-state index is -4.96. The van der Waals surface area contributed by atoms with Gasteiger partial charge in [0.2, 0.25) is 0 Å². The van der Waals surface area contributed by atoms with Crippen molar-refractivity contribution in [1.82, 2.24) is 14.8 Å². The number of alkyl halides is 5. The molecule has 32 heavy (non-hydrogen) atoms. The number of aromatic nitrogens is 3. The van der Waals surface area contributed by atoms with Gasteiger partial charge in [0.1, 0.15) is 0 Å². The third kappa shape index (κ3) is 3.76. The number of hydrogen-bond donors (Lipinski definition) is 0. The molecule has 0 N–H and O–H groups in total. The molecule has 0 aliphatic carbocycles. The Morgan fingerprint density at radius 2 is 1.81 bits per heavy atom. The molecule has 3 aromatic rings. The van der Waals surface area contributed by atoms with Crippen molar-refractivity contribution in [2.75, 3.05) is 4.90 Å². The van der Waals surface area contributed by atoms with Crippen LogP contribution < -0.4 is 4.90 Å². The number of hydrogen-bond acceptors (Lipinski definition) is 4. The summed E-state index contributed by atoms with van der Waals surface area (Å²) in [6.07, 6.45) is -8.21. The van der Waals surface area contributed by atoms with Gasteiger partial charge in [-0.3, -0.25) is 9.59 Å². The number of imide groups is 1. The number of aryl methyl sites for hydroxylation is 1. The number of anilines is 1. The molecule has 1 aromatic heterocycles. The van der Waals surface area contributed by atoms with E-state index in [9.17, 15) is 31.5 Å². The molecule has 0 unspecified atom stereocenters. The molecule has 0 spiro atoms. The fraction of sp³-hybridized carbons (Fsp3) is 0.200. The summed E-state index contributed by atoms with van der Waals surface area (Å²) in [6, 6.07) is 9.30. The Balaban J connectivity index is 1.66. The first-order valence-corrected chi connectivity index (χ1v) is 10.1. The van der Waals surface area contributed by atoms with Crippen molar-refractivity contribution < 1.29 is 31.5 Å². The fourth-order valence-corrected chi connectivity index (χ4v) is 4.18. The lowest BCUT2D eigenvalue weighted by molar-refractivity contribution is -0.145. The Morgan fingerprint density at radius 1 is 1.09 bits per heavy atom. The summed E-state index contributed by atoms with van der Waals surface area (Å²) >= 11 is 1.97. The first-order chi connectivity index (χ1) is 15.0. The van der Waals surface area contributed by atoms with E-state index >= 15 is 0 Å². The standard InChI is InChI=1S/C20H12F5IN4O2/c1-9-7-10(8-29-16(15(21)22)27-19(28-29)20(23,24)25)5-6-13(9)30-17(31)11-3-2-4-12(26)14(11)18(30)32/h2-7,15H,8H2,1H3. The second-order valence-corrected chi connectivity index (χ2v) is 8.14. The number of nitrogens with zero attached hydrogens (tertiary/aromatic N) is 4. The molecule has 1 aliphatic rings. The minimum absolute atomic E-state index is 0.272. The van der Waals surface area contributed by atoms with Crippen LogP contribution in [0, 0.1) is 10.5 Å². The van der Waals surface area contributed by atoms with Gasteiger partial charge in [0.25, 0.3) is 24.1 Å². The monoisotopic (exact) mass is 562 g/mol. The molecule has 0 atom stereocenters. The predicted molar refractivity (Wildman–Crippen MR) is 111 cm³/mol. The van der Waals surface area contributed by atoms with Gasteiger partial charge >= 0.3 is 6.18 Å². The van der Waals surface area contributed by atoms with E-state index in [0.717, 1.165) is 4.90 Å². The summed E-state index contributed by atoms with van der Waals surface area (Å²) in [5.41, 5.74) is 1.67. The Bertz CT molecular complexity index is 1260. The van der Waals surface area contributed by atoms with Crippen LogP contribution in [0.15, 0.2) is 36.4 Å². The van der Waals surface area contributed by atoms with Crippen molar-refractivity contribution in [1.29, 1.82) is 0 Å². The Morgan fingerprint density at radius 3 is 2.41 bits per heavy atom. The van der Waals surface area contributed by atoms with Gasteiger partial charge in [-0.05, 0) is 58.8 Å². The highest BCUT2D eigenvalue weighted by atomic mass is 127. The second kappa shape index (κ2) is 7.90. The fourth-order valence-electron chi connectivity index (χ4n) is 3.45. The number of benzene rings is 2. The lowest BCUT2D eigenvalue weighted by Crippen LogP contribution is -2.30. The molecule has 4 rings (SSSR count). The molecule has 0 fully saturated rings. The van der Waals surface area contributed by atoms with Crippen molar-refractivity contribution >= 4 is 40.1 Å². The molecule has 166 valence electrons. The normalized spacial score (nSPS) is 13.9. The van der Waals surface area contributed by atoms with E-state index in [4.69, 9.17) is 0 Å². The average Bonchev–Trinajstić information content (AvgIpc) is 3.23. The molecule has 0 radical (unpaired) electrons. The van der Waals surface area contributed by atoms with E-state index in [2.05, 4.69) is 10.1 Å². The van der Waals surface area contributed by atoms with E-state index in [1.54, 1.807) is 25.1 Å². The predicted octanol–water partition coefficient (Wildman–Crippen LogP) is 5.00. The van der Waals surface area contributed by atoms with E-state index < -0.39 is 42.6 Å². The minimum Gasteiger partial charge on any atom is -0.268 e. The Labute approximate surface area is 191 Å². The van der Waals surface area contributed by atoms with Gasteiger partial charge in [0.15, 0.2) is 5.82 Å². The van der Waals surface area contributed by atoms with Crippen LogP contribution in [0.4, 0.5) is 27.6 Å². The van der Waals surface area contributed by atoms with Gasteiger partial charge in [-0.25, -0.2) is 23.3 Å². The van der Waals surface area contributed by atoms with E-state index in [-0.39, 0.29) is 5.56 Å². The zero-order chi connectivity index (χ0) is 23.4. The number of rotatable bonds is 4. The summed E-state index contributed by atoms with van der Waals surface area (Å²) in [5, 5.41) is 3.17. The van der Waals surface area contributed by atoms with Crippen LogP contribution in [0.25, 0.3) is 0 Å². The molecule has 2 aromatic carbocycles. The van der Waals surface area contributed by atoms with Gasteiger partial charge in [-0.1, -0.05) is 18.2 Å². The number of carbonyl (C=O) groups excluding carboxylic acids is 2. The first kappa shape index (κ1) is 22.3. The van der Waals surface area contributed by atoms with Gasteiger partial charge in [0, 0.05) is 3.57 Å². The van der Waals surface area contributed by atoms with E-state index in [1.165, 1.54) is 18.2 Å². The Hall–Kier alpha value is -2.90. The molecule has 0 saturated carbocycles. The van der Waals surface area contributed by atoms with Gasteiger partial charge in [0.05, 0.1) is 23.4 Å². The zero-order valence-electron chi connectivity index (χ0n) is 16.1. The van der Waals surface area contributed by atoms with E-state index in [0.29, 0.717) is 30.6 Å². The van der Waals surface area contributed by atoms with Crippen molar-refractivity contribution in [3.05, 3.63) is 73.9 Å². The van der Waals surface area contributed by atoms with Gasteiger partial charge in [-0.2, -0.15) is 13.2 Å². The third-order valence-corrected chi connectivity index (χ3v) is 5.75. The lowest BCUT2D eigenvalue weighted by Gasteiger charge is -2.17. The average molecular weight is 562 g/mol. The van der Waals surface area contributed by atoms with Crippen molar-refractivity contribution in [2.24, 2.45) is 0 Å². The lowest BCUT2D eigenvalue weighted by atomic mass is 10.1. The molecule has 1 aliphatic heterocycles. The van der Waals surface area contributed by atoms with Crippen molar-refractivity contribution in [3.63, 3.8) is 0 Å². The molecule has 2 amide bonds. The summed E-state index contributed by atoms with van der Waals surface area (Å²) in [5.74, 6) is -3.74. The summed E-state index contributed by atoms with van der Waals surface area (Å²) < 4.78 is 65.9. The molecule has 12 heteroatoms. The number of halogens is 6. The second-order valence-electron chi connectivity index (χ2n) is 6.98. The molecular formula is C20H12F5IN4O2. The van der Waals surface area contributed by atoms with Crippen LogP contribution in [-0.4, -0.2) is 26.6 Å². The first-order valence-electron chi connectivity index (χ1n) is 9.06. The van der Waals surface area contributed by atoms with Crippen molar-refractivity contribution in [3.8, 4) is 0 Å². The SMILES string of the molecule is Cc1cc(Cn2nc(C(F)(F)F)nc2C(F)F)ccc1N1C(=O)c2cccc(I)c2C1=O. The summed E-state index contributed by atoms with van der Waals surface area (Å²) in [7, 11) is 0. The van der Waals surface area contributed by atoms with Crippen LogP contribution in [0.1, 0.15) is 49.9 Å². The molecule has 6 nitrogen and oxygen atoms in total. The zero-order valence-corrected chi connectivity index (χ0v) is 18.3. The molecule has 2 heterocycles. The molecule has 0 bridgehead atoms. The van der Waals surface area contributed by atoms with Crippen LogP contribution in [0.2, 0.25) is 0 Å². The summed E-state index contributed by atoms with van der Waals surface area (Å²) in [4.78, 5) is 29.6. The van der Waals surface area contributed by atoms with Gasteiger partial charge in [-0.15, -0.1) is 5.10 Å². The summed E-state index contributed by atoms with van der Waals surface area (Å²) in [6.45, 7) is 1.20. The van der Waals surface area contributed by atoms with Crippen LogP contribution in [0.5, 0.6) is 0 Å².